The van der Waals surface area contributed by atoms with E-state index >= 15 is 0 Å². The van der Waals surface area contributed by atoms with Gasteiger partial charge in [0.1, 0.15) is 19.3 Å². The molecular formula is C91H146O17P2. The van der Waals surface area contributed by atoms with Crippen LogP contribution in [-0.2, 0) is 65.4 Å². The van der Waals surface area contributed by atoms with Gasteiger partial charge in [0, 0.05) is 25.7 Å². The van der Waals surface area contributed by atoms with Gasteiger partial charge in [0.15, 0.2) is 12.2 Å². The maximum Gasteiger partial charge on any atom is 0.472 e. The molecule has 19 heteroatoms. The van der Waals surface area contributed by atoms with Crippen molar-refractivity contribution >= 4 is 39.5 Å². The number of aliphatic hydroxyl groups excluding tert-OH is 1. The van der Waals surface area contributed by atoms with E-state index in [-0.39, 0.29) is 25.7 Å². The number of phosphoric acid groups is 2. The van der Waals surface area contributed by atoms with Gasteiger partial charge in [0.05, 0.1) is 26.4 Å². The van der Waals surface area contributed by atoms with Crippen LogP contribution in [0.4, 0.5) is 0 Å². The predicted molar refractivity (Wildman–Crippen MR) is 454 cm³/mol. The van der Waals surface area contributed by atoms with Crippen LogP contribution in [0.1, 0.15) is 297 Å². The third-order valence-corrected chi connectivity index (χ3v) is 18.4. The number of esters is 4. The summed E-state index contributed by atoms with van der Waals surface area (Å²) in [6.07, 6.45) is 99.7. The van der Waals surface area contributed by atoms with Gasteiger partial charge >= 0.3 is 39.5 Å². The van der Waals surface area contributed by atoms with Crippen LogP contribution in [0.25, 0.3) is 0 Å². The Morgan fingerprint density at radius 1 is 0.264 bits per heavy atom. The Bertz CT molecular complexity index is 2850. The van der Waals surface area contributed by atoms with E-state index < -0.39 is 97.5 Å². The van der Waals surface area contributed by atoms with Crippen LogP contribution in [0.15, 0.2) is 194 Å². The molecule has 0 aromatic rings. The molecule has 0 saturated heterocycles. The second kappa shape index (κ2) is 80.9. The largest absolute Gasteiger partial charge is 0.472 e. The van der Waals surface area contributed by atoms with Crippen LogP contribution in [0.5, 0.6) is 0 Å². The van der Waals surface area contributed by atoms with Crippen molar-refractivity contribution in [3.63, 3.8) is 0 Å². The number of allylic oxidation sites excluding steroid dienone is 32. The number of rotatable bonds is 76. The summed E-state index contributed by atoms with van der Waals surface area (Å²) in [6, 6.07) is 0. The number of ether oxygens (including phenoxy) is 4. The van der Waals surface area contributed by atoms with Crippen molar-refractivity contribution in [1.29, 1.82) is 0 Å². The highest BCUT2D eigenvalue weighted by molar-refractivity contribution is 7.47. The topological polar surface area (TPSA) is 237 Å². The quantitative estimate of drug-likeness (QED) is 0.0169. The lowest BCUT2D eigenvalue weighted by Gasteiger charge is -2.21. The second-order valence-corrected chi connectivity index (χ2v) is 29.8. The number of hydrogen-bond acceptors (Lipinski definition) is 15. The van der Waals surface area contributed by atoms with E-state index in [0.717, 1.165) is 218 Å². The summed E-state index contributed by atoms with van der Waals surface area (Å²) in [5.41, 5.74) is 0. The molecule has 622 valence electrons. The van der Waals surface area contributed by atoms with Crippen molar-refractivity contribution in [1.82, 2.24) is 0 Å². The summed E-state index contributed by atoms with van der Waals surface area (Å²) in [6.45, 7) is 4.35. The molecule has 0 fully saturated rings. The van der Waals surface area contributed by atoms with Gasteiger partial charge in [-0.15, -0.1) is 0 Å². The van der Waals surface area contributed by atoms with Crippen molar-refractivity contribution < 1.29 is 80.2 Å². The van der Waals surface area contributed by atoms with E-state index in [0.29, 0.717) is 25.7 Å². The molecule has 0 radical (unpaired) electrons. The highest BCUT2D eigenvalue weighted by Gasteiger charge is 2.30. The first kappa shape index (κ1) is 104. The second-order valence-electron chi connectivity index (χ2n) is 26.9. The van der Waals surface area contributed by atoms with Gasteiger partial charge in [0.25, 0.3) is 0 Å². The van der Waals surface area contributed by atoms with E-state index in [1.807, 2.05) is 0 Å². The number of carbonyl (C=O) groups excluding carboxylic acids is 4. The maximum atomic E-state index is 13.1. The Hall–Kier alpha value is -6.10. The van der Waals surface area contributed by atoms with E-state index in [2.05, 4.69) is 222 Å². The molecule has 0 amide bonds. The van der Waals surface area contributed by atoms with E-state index in [1.165, 1.54) is 0 Å². The first-order chi connectivity index (χ1) is 53.7. The molecule has 17 nitrogen and oxygen atoms in total. The number of phosphoric ester groups is 2. The molecule has 0 spiro atoms. The summed E-state index contributed by atoms with van der Waals surface area (Å²) >= 11 is 0. The molecule has 5 atom stereocenters. The standard InChI is InChI=1S/C91H146O17P2/c1-5-9-13-17-21-25-29-33-36-39-42-45-48-52-55-59-63-67-71-75-88(93)101-81-86(107-90(95)77-73-69-65-61-57-51-32-28-24-20-16-12-8-4)83-105-109(97,98)103-79-85(92)80-104-110(99,100)106-84-87(108-91(96)78-74-70-66-62-58-54-50-47-44-41-38-35-31-27-23-19-15-11-7-3)82-102-89(94)76-72-68-64-60-56-53-49-46-43-40-37-34-30-26-22-18-14-10-6-2/h9-11,13-16,20-23,25-28,32-38,42-47,52-53,55-56,85-87,92H,5-8,12,17-19,24,29-31,39-41,48-51,54,57-84H2,1-4H3,(H,97,98)(H,99,100)/b13-9-,14-10-,15-11-,20-16-,25-21-,26-22-,27-23-,32-28-,36-33-,37-34-,38-35-,45-42-,46-43-,47-44-,55-52-,56-53-. The minimum absolute atomic E-state index is 0.0622. The van der Waals surface area contributed by atoms with Gasteiger partial charge in [-0.3, -0.25) is 37.3 Å². The monoisotopic (exact) mass is 1570 g/mol. The Kier molecular flexibility index (Phi) is 76.4. The Balaban J connectivity index is 5.47. The minimum Gasteiger partial charge on any atom is -0.462 e. The highest BCUT2D eigenvalue weighted by atomic mass is 31.2. The van der Waals surface area contributed by atoms with E-state index in [1.54, 1.807) is 0 Å². The lowest BCUT2D eigenvalue weighted by Crippen LogP contribution is -2.30. The molecule has 0 saturated carbocycles. The molecule has 0 aliphatic rings. The van der Waals surface area contributed by atoms with Gasteiger partial charge in [-0.1, -0.05) is 286 Å². The summed E-state index contributed by atoms with van der Waals surface area (Å²) in [5.74, 6) is -2.30. The molecule has 3 N–H and O–H groups in total. The minimum atomic E-state index is -5.01. The highest BCUT2D eigenvalue weighted by Crippen LogP contribution is 2.45. The van der Waals surface area contributed by atoms with Gasteiger partial charge in [-0.2, -0.15) is 0 Å². The number of hydrogen-bond donors (Lipinski definition) is 3. The summed E-state index contributed by atoms with van der Waals surface area (Å²) in [4.78, 5) is 73.2. The van der Waals surface area contributed by atoms with E-state index in [4.69, 9.17) is 37.0 Å². The lowest BCUT2D eigenvalue weighted by molar-refractivity contribution is -0.161. The molecule has 0 heterocycles. The number of carbonyl (C=O) groups is 4. The van der Waals surface area contributed by atoms with Crippen molar-refractivity contribution in [2.24, 2.45) is 0 Å². The van der Waals surface area contributed by atoms with Gasteiger partial charge in [-0.25, -0.2) is 9.13 Å². The first-order valence-electron chi connectivity index (χ1n) is 41.7. The smallest absolute Gasteiger partial charge is 0.462 e. The Labute approximate surface area is 666 Å². The molecule has 0 aliphatic carbocycles. The van der Waals surface area contributed by atoms with Crippen molar-refractivity contribution in [2.45, 2.75) is 316 Å². The summed E-state index contributed by atoms with van der Waals surface area (Å²) < 4.78 is 68.7. The van der Waals surface area contributed by atoms with Crippen molar-refractivity contribution in [3.8, 4) is 0 Å². The third-order valence-electron chi connectivity index (χ3n) is 16.5. The van der Waals surface area contributed by atoms with Crippen LogP contribution >= 0.6 is 15.6 Å². The van der Waals surface area contributed by atoms with Crippen LogP contribution in [-0.4, -0.2) is 96.7 Å². The maximum absolute atomic E-state index is 13.1. The summed E-state index contributed by atoms with van der Waals surface area (Å²) in [5, 5.41) is 10.7. The SMILES string of the molecule is CC/C=C\C/C=C\C/C=C\C/C=C\C/C=C\CCCCCC(=O)OCC(COP(=O)(O)OCC(O)COP(=O)(O)OCC(COC(=O)CCCCC/C=C\C/C=C\C/C=C\C/C=C\C/C=C\CC)OC(=O)CCCCCCCC/C=C\C/C=C\C/C=C\C/C=C\CC)OC(=O)CCCCCCC/C=C\C/C=C\CCC. The van der Waals surface area contributed by atoms with Gasteiger partial charge in [0.2, 0.25) is 0 Å². The molecule has 5 unspecified atom stereocenters. The predicted octanol–water partition coefficient (Wildman–Crippen LogP) is 24.9. The van der Waals surface area contributed by atoms with Crippen LogP contribution in [0.2, 0.25) is 0 Å². The fourth-order valence-corrected chi connectivity index (χ4v) is 11.9. The molecular weight excluding hydrogens is 1430 g/mol. The molecule has 0 aromatic heterocycles. The Morgan fingerprint density at radius 2 is 0.473 bits per heavy atom. The Morgan fingerprint density at radius 3 is 0.736 bits per heavy atom. The zero-order chi connectivity index (χ0) is 80.3. The molecule has 0 rings (SSSR count). The molecule has 0 aliphatic heterocycles. The average Bonchev–Trinajstić information content (AvgIpc) is 0.942. The zero-order valence-electron chi connectivity index (χ0n) is 68.1. The summed E-state index contributed by atoms with van der Waals surface area (Å²) in [7, 11) is -10.0. The van der Waals surface area contributed by atoms with Crippen molar-refractivity contribution in [2.75, 3.05) is 39.6 Å². The van der Waals surface area contributed by atoms with Crippen molar-refractivity contribution in [3.05, 3.63) is 194 Å². The molecule has 110 heavy (non-hydrogen) atoms. The fraction of sp³-hybridized carbons (Fsp3) is 0.604. The number of unbranched alkanes of at least 4 members (excludes halogenated alkanes) is 18. The number of aliphatic hydroxyl groups is 1. The van der Waals surface area contributed by atoms with Crippen LogP contribution in [0.3, 0.4) is 0 Å². The zero-order valence-corrected chi connectivity index (χ0v) is 69.9. The van der Waals surface area contributed by atoms with Gasteiger partial charge in [-0.05, 0) is 180 Å². The normalized spacial score (nSPS) is 14.8. The third kappa shape index (κ3) is 80.0. The van der Waals surface area contributed by atoms with E-state index in [9.17, 15) is 43.2 Å². The van der Waals surface area contributed by atoms with Crippen LogP contribution < -0.4 is 0 Å². The average molecular weight is 1570 g/mol. The molecule has 0 bridgehead atoms. The fourth-order valence-electron chi connectivity index (χ4n) is 10.3. The van der Waals surface area contributed by atoms with Gasteiger partial charge < -0.3 is 33.8 Å². The molecule has 0 aromatic carbocycles. The first-order valence-corrected chi connectivity index (χ1v) is 44.7. The lowest BCUT2D eigenvalue weighted by atomic mass is 10.1. The van der Waals surface area contributed by atoms with Crippen LogP contribution in [0, 0.1) is 0 Å².